The van der Waals surface area contributed by atoms with Crippen molar-refractivity contribution in [2.24, 2.45) is 5.92 Å². The van der Waals surface area contributed by atoms with Gasteiger partial charge in [0.1, 0.15) is 5.92 Å². The highest BCUT2D eigenvalue weighted by atomic mass is 19.2. The first-order valence-electron chi connectivity index (χ1n) is 7.75. The summed E-state index contributed by atoms with van der Waals surface area (Å²) in [7, 11) is 0. The fourth-order valence-corrected chi connectivity index (χ4v) is 3.12. The van der Waals surface area contributed by atoms with Crippen LogP contribution in [-0.4, -0.2) is 43.0 Å². The maximum atomic E-state index is 13.6. The Labute approximate surface area is 132 Å². The van der Waals surface area contributed by atoms with Crippen molar-refractivity contribution in [3.8, 4) is 0 Å². The van der Waals surface area contributed by atoms with Gasteiger partial charge in [0, 0.05) is 24.7 Å². The number of ether oxygens (including phenoxy) is 1. The van der Waals surface area contributed by atoms with E-state index >= 15 is 0 Å². The average molecular weight is 324 g/mol. The molecule has 0 bridgehead atoms. The lowest BCUT2D eigenvalue weighted by Gasteiger charge is -2.39. The Bertz CT molecular complexity index is 644. The number of nitrogens with zero attached hydrogens (tertiary/aromatic N) is 2. The van der Waals surface area contributed by atoms with E-state index in [9.17, 15) is 18.4 Å². The van der Waals surface area contributed by atoms with Crippen LogP contribution in [0.3, 0.4) is 0 Å². The summed E-state index contributed by atoms with van der Waals surface area (Å²) in [4.78, 5) is 24.6. The van der Waals surface area contributed by atoms with Gasteiger partial charge in [0.25, 0.3) is 0 Å². The minimum Gasteiger partial charge on any atom is -0.465 e. The number of carbonyl (C=O) groups excluding carboxylic acids is 2. The molecule has 0 saturated carbocycles. The first-order chi connectivity index (χ1) is 11.0. The van der Waals surface area contributed by atoms with Crippen LogP contribution in [0.15, 0.2) is 12.1 Å². The van der Waals surface area contributed by atoms with Gasteiger partial charge < -0.3 is 9.75 Å². The van der Waals surface area contributed by atoms with Gasteiger partial charge in [0.15, 0.2) is 17.4 Å². The molecule has 5 nitrogen and oxygen atoms in total. The summed E-state index contributed by atoms with van der Waals surface area (Å²) in [5.74, 6) is -4.27. The molecular weight excluding hydrogens is 306 g/mol. The van der Waals surface area contributed by atoms with Crippen LogP contribution in [0.5, 0.6) is 0 Å². The maximum absolute atomic E-state index is 13.6. The van der Waals surface area contributed by atoms with Crippen LogP contribution in [0.25, 0.3) is 0 Å². The predicted molar refractivity (Wildman–Crippen MR) is 79.0 cm³/mol. The minimum absolute atomic E-state index is 0.0279. The summed E-state index contributed by atoms with van der Waals surface area (Å²) in [6.45, 7) is 3.42. The van der Waals surface area contributed by atoms with E-state index in [-0.39, 0.29) is 18.7 Å². The lowest BCUT2D eigenvalue weighted by atomic mass is 9.91. The number of hydrogen-bond donors (Lipinski definition) is 0. The number of halogens is 2. The summed E-state index contributed by atoms with van der Waals surface area (Å²) in [5, 5.41) is 3.68. The second-order valence-corrected chi connectivity index (χ2v) is 5.70. The van der Waals surface area contributed by atoms with E-state index in [1.807, 2.05) is 5.01 Å². The number of hydrazine groups is 1. The molecule has 23 heavy (non-hydrogen) atoms. The van der Waals surface area contributed by atoms with Crippen LogP contribution in [-0.2, 0) is 9.53 Å². The number of ketones is 1. The molecule has 1 unspecified atom stereocenters. The molecule has 0 radical (unpaired) electrons. The molecule has 0 aliphatic carbocycles. The van der Waals surface area contributed by atoms with Crippen LogP contribution in [0, 0.1) is 17.6 Å². The summed E-state index contributed by atoms with van der Waals surface area (Å²) < 4.78 is 32.2. The van der Waals surface area contributed by atoms with E-state index in [4.69, 9.17) is 4.74 Å². The van der Waals surface area contributed by atoms with Crippen molar-refractivity contribution in [2.75, 3.05) is 31.3 Å². The van der Waals surface area contributed by atoms with Crippen molar-refractivity contribution >= 4 is 17.4 Å². The van der Waals surface area contributed by atoms with Crippen molar-refractivity contribution in [3.63, 3.8) is 0 Å². The van der Waals surface area contributed by atoms with Crippen molar-refractivity contribution in [2.45, 2.75) is 19.8 Å². The zero-order chi connectivity index (χ0) is 16.6. The summed E-state index contributed by atoms with van der Waals surface area (Å²) in [5.41, 5.74) is 0.344. The van der Waals surface area contributed by atoms with E-state index in [1.54, 1.807) is 11.9 Å². The molecule has 2 heterocycles. The first-order valence-corrected chi connectivity index (χ1v) is 7.75. The number of benzene rings is 1. The van der Waals surface area contributed by atoms with Crippen molar-refractivity contribution < 1.29 is 23.1 Å². The second-order valence-electron chi connectivity index (χ2n) is 5.70. The topological polar surface area (TPSA) is 49.9 Å². The second kappa shape index (κ2) is 6.23. The molecule has 0 N–H and O–H groups in total. The zero-order valence-corrected chi connectivity index (χ0v) is 12.8. The number of anilines is 1. The molecule has 1 saturated heterocycles. The fraction of sp³-hybridized carbons (Fsp3) is 0.500. The van der Waals surface area contributed by atoms with Crippen LogP contribution in [0.4, 0.5) is 14.5 Å². The Morgan fingerprint density at radius 3 is 2.57 bits per heavy atom. The van der Waals surface area contributed by atoms with Gasteiger partial charge in [-0.25, -0.2) is 13.8 Å². The van der Waals surface area contributed by atoms with Crippen molar-refractivity contribution in [3.05, 3.63) is 29.3 Å². The molecule has 1 aromatic carbocycles. The van der Waals surface area contributed by atoms with E-state index in [2.05, 4.69) is 0 Å². The highest BCUT2D eigenvalue weighted by Crippen LogP contribution is 2.34. The molecule has 0 spiro atoms. The van der Waals surface area contributed by atoms with E-state index in [1.165, 1.54) is 0 Å². The highest BCUT2D eigenvalue weighted by molar-refractivity contribution is 6.13. The molecule has 1 atom stereocenters. The minimum atomic E-state index is -1.09. The fourth-order valence-electron chi connectivity index (χ4n) is 3.12. The van der Waals surface area contributed by atoms with Gasteiger partial charge in [0.05, 0.1) is 18.8 Å². The molecule has 0 amide bonds. The zero-order valence-electron chi connectivity index (χ0n) is 12.8. The molecule has 1 aromatic rings. The van der Waals surface area contributed by atoms with Crippen LogP contribution >= 0.6 is 0 Å². The molecule has 1 fully saturated rings. The van der Waals surface area contributed by atoms with Crippen molar-refractivity contribution in [1.82, 2.24) is 5.01 Å². The Morgan fingerprint density at radius 1 is 1.26 bits per heavy atom. The average Bonchev–Trinajstić information content (AvgIpc) is 3.04. The van der Waals surface area contributed by atoms with Gasteiger partial charge in [-0.1, -0.05) is 0 Å². The largest absolute Gasteiger partial charge is 0.465 e. The third kappa shape index (κ3) is 2.81. The van der Waals surface area contributed by atoms with Crippen LogP contribution in [0.1, 0.15) is 30.1 Å². The number of Topliss-reactive ketones (excluding diaryl/α,β-unsaturated/α-hetero) is 1. The number of carbonyl (C=O) groups is 2. The Morgan fingerprint density at radius 2 is 1.91 bits per heavy atom. The monoisotopic (exact) mass is 324 g/mol. The van der Waals surface area contributed by atoms with E-state index < -0.39 is 29.3 Å². The van der Waals surface area contributed by atoms with Crippen LogP contribution in [0.2, 0.25) is 0 Å². The normalized spacial score (nSPS) is 21.4. The quantitative estimate of drug-likeness (QED) is 0.630. The van der Waals surface area contributed by atoms with Gasteiger partial charge in [-0.2, -0.15) is 0 Å². The molecular formula is C16H18F2N2O3. The molecule has 7 heteroatoms. The van der Waals surface area contributed by atoms with Crippen LogP contribution < -0.4 is 5.01 Å². The molecule has 0 aromatic heterocycles. The standard InChI is InChI=1S/C16H18F2N2O3/c1-2-23-16(22)11-9-20(19-5-3-4-6-19)14-8-13(18)12(17)7-10(14)15(11)21/h7-8,11H,2-6,9H2,1H3. The number of esters is 1. The third-order valence-corrected chi connectivity index (χ3v) is 4.25. The smallest absolute Gasteiger partial charge is 0.318 e. The lowest BCUT2D eigenvalue weighted by molar-refractivity contribution is -0.146. The van der Waals surface area contributed by atoms with E-state index in [0.717, 1.165) is 38.1 Å². The summed E-state index contributed by atoms with van der Waals surface area (Å²) in [6, 6.07) is 1.91. The lowest BCUT2D eigenvalue weighted by Crippen LogP contribution is -2.51. The molecule has 124 valence electrons. The molecule has 3 rings (SSSR count). The first kappa shape index (κ1) is 15.9. The van der Waals surface area contributed by atoms with Gasteiger partial charge >= 0.3 is 5.97 Å². The van der Waals surface area contributed by atoms with E-state index in [0.29, 0.717) is 5.69 Å². The Kier molecular flexibility index (Phi) is 4.30. The van der Waals surface area contributed by atoms with Gasteiger partial charge in [-0.15, -0.1) is 0 Å². The third-order valence-electron chi connectivity index (χ3n) is 4.25. The van der Waals surface area contributed by atoms with Gasteiger partial charge in [-0.3, -0.25) is 9.59 Å². The highest BCUT2D eigenvalue weighted by Gasteiger charge is 2.40. The molecule has 2 aliphatic rings. The number of rotatable bonds is 3. The SMILES string of the molecule is CCOC(=O)C1CN(N2CCCC2)c2cc(F)c(F)cc2C1=O. The Hall–Kier alpha value is -2.02. The van der Waals surface area contributed by atoms with Crippen molar-refractivity contribution in [1.29, 1.82) is 0 Å². The van der Waals surface area contributed by atoms with Gasteiger partial charge in [0.2, 0.25) is 0 Å². The summed E-state index contributed by atoms with van der Waals surface area (Å²) in [6.07, 6.45) is 1.96. The summed E-state index contributed by atoms with van der Waals surface area (Å²) >= 11 is 0. The number of fused-ring (bicyclic) bond motifs is 1. The molecule has 2 aliphatic heterocycles. The predicted octanol–water partition coefficient (Wildman–Crippen LogP) is 2.16. The van der Waals surface area contributed by atoms with Gasteiger partial charge in [-0.05, 0) is 25.8 Å². The Balaban J connectivity index is 2.03. The number of hydrogen-bond acceptors (Lipinski definition) is 5. The maximum Gasteiger partial charge on any atom is 0.318 e.